The summed E-state index contributed by atoms with van der Waals surface area (Å²) in [7, 11) is 1.44. The van der Waals surface area contributed by atoms with Crippen LogP contribution in [0.2, 0.25) is 0 Å². The van der Waals surface area contributed by atoms with E-state index in [-0.39, 0.29) is 23.0 Å². The lowest BCUT2D eigenvalue weighted by molar-refractivity contribution is -0.384. The van der Waals surface area contributed by atoms with E-state index in [0.29, 0.717) is 10.9 Å². The number of non-ortho nitro benzene ring substituents is 1. The van der Waals surface area contributed by atoms with E-state index in [0.717, 1.165) is 30.7 Å². The number of thioether (sulfide) groups is 1. The summed E-state index contributed by atoms with van der Waals surface area (Å²) in [4.78, 5) is 31.6. The summed E-state index contributed by atoms with van der Waals surface area (Å²) in [5.41, 5.74) is 3.40. The number of aromatic nitrogens is 2. The van der Waals surface area contributed by atoms with Gasteiger partial charge in [0.05, 0.1) is 23.5 Å². The molecule has 1 aliphatic rings. The van der Waals surface area contributed by atoms with E-state index < -0.39 is 4.92 Å². The van der Waals surface area contributed by atoms with Gasteiger partial charge in [0.25, 0.3) is 5.69 Å². The van der Waals surface area contributed by atoms with Crippen molar-refractivity contribution in [2.45, 2.75) is 31.3 Å². The highest BCUT2D eigenvalue weighted by atomic mass is 32.2. The second-order valence-corrected chi connectivity index (χ2v) is 6.79. The van der Waals surface area contributed by atoms with Gasteiger partial charge < -0.3 is 10.1 Å². The van der Waals surface area contributed by atoms with E-state index in [1.54, 1.807) is 0 Å². The Morgan fingerprint density at radius 3 is 2.92 bits per heavy atom. The van der Waals surface area contributed by atoms with Gasteiger partial charge in [-0.15, -0.1) is 0 Å². The second-order valence-electron chi connectivity index (χ2n) is 5.85. The predicted octanol–water partition coefficient (Wildman–Crippen LogP) is 2.92. The van der Waals surface area contributed by atoms with Gasteiger partial charge in [-0.25, -0.2) is 9.97 Å². The summed E-state index contributed by atoms with van der Waals surface area (Å²) in [6.07, 6.45) is 3.05. The maximum Gasteiger partial charge on any atom is 0.271 e. The topological polar surface area (TPSA) is 107 Å². The molecule has 0 spiro atoms. The van der Waals surface area contributed by atoms with Crippen LogP contribution in [0.4, 0.5) is 11.4 Å². The molecule has 9 heteroatoms. The SMILES string of the molecule is COc1ccc([N+](=O)[O-])cc1NC(=O)CSc1nc(C)c2c(n1)CCC2. The van der Waals surface area contributed by atoms with Gasteiger partial charge in [-0.05, 0) is 37.8 Å². The molecular formula is C17H18N4O4S. The molecule has 0 aliphatic heterocycles. The van der Waals surface area contributed by atoms with Crippen LogP contribution in [0.25, 0.3) is 0 Å². The van der Waals surface area contributed by atoms with Gasteiger partial charge in [0.2, 0.25) is 5.91 Å². The molecule has 0 fully saturated rings. The molecule has 1 N–H and O–H groups in total. The Hall–Kier alpha value is -2.68. The lowest BCUT2D eigenvalue weighted by atomic mass is 10.2. The van der Waals surface area contributed by atoms with Crippen molar-refractivity contribution < 1.29 is 14.5 Å². The molecule has 136 valence electrons. The van der Waals surface area contributed by atoms with Gasteiger partial charge in [0, 0.05) is 23.5 Å². The minimum Gasteiger partial charge on any atom is -0.495 e. The lowest BCUT2D eigenvalue weighted by Crippen LogP contribution is -2.15. The minimum atomic E-state index is -0.523. The molecule has 3 rings (SSSR count). The van der Waals surface area contributed by atoms with Crippen LogP contribution in [-0.2, 0) is 17.6 Å². The van der Waals surface area contributed by atoms with E-state index in [9.17, 15) is 14.9 Å². The highest BCUT2D eigenvalue weighted by Gasteiger charge is 2.18. The third kappa shape index (κ3) is 3.93. The Morgan fingerprint density at radius 2 is 2.19 bits per heavy atom. The van der Waals surface area contributed by atoms with Gasteiger partial charge in [0.1, 0.15) is 5.75 Å². The smallest absolute Gasteiger partial charge is 0.271 e. The van der Waals surface area contributed by atoms with E-state index in [4.69, 9.17) is 4.74 Å². The molecule has 1 amide bonds. The summed E-state index contributed by atoms with van der Waals surface area (Å²) >= 11 is 1.24. The number of nitrogens with one attached hydrogen (secondary N) is 1. The van der Waals surface area contributed by atoms with Crippen molar-refractivity contribution in [2.75, 3.05) is 18.2 Å². The Kier molecular flexibility index (Phi) is 5.36. The molecule has 8 nitrogen and oxygen atoms in total. The average molecular weight is 374 g/mol. The maximum absolute atomic E-state index is 12.2. The number of nitro benzene ring substituents is 1. The molecule has 0 atom stereocenters. The van der Waals surface area contributed by atoms with Crippen LogP contribution in [0.5, 0.6) is 5.75 Å². The summed E-state index contributed by atoms with van der Waals surface area (Å²) in [5.74, 6) is 0.151. The molecule has 0 radical (unpaired) electrons. The highest BCUT2D eigenvalue weighted by molar-refractivity contribution is 7.99. The Labute approximate surface area is 154 Å². The zero-order chi connectivity index (χ0) is 18.7. The molecule has 2 aromatic rings. The normalized spacial score (nSPS) is 12.5. The number of ether oxygens (including phenoxy) is 1. The number of amides is 1. The molecule has 1 aromatic carbocycles. The van der Waals surface area contributed by atoms with Gasteiger partial charge in [-0.1, -0.05) is 11.8 Å². The number of carbonyl (C=O) groups excluding carboxylic acids is 1. The Bertz CT molecular complexity index is 872. The fourth-order valence-electron chi connectivity index (χ4n) is 2.88. The quantitative estimate of drug-likeness (QED) is 0.358. The molecule has 1 aliphatic carbocycles. The zero-order valence-corrected chi connectivity index (χ0v) is 15.3. The first kappa shape index (κ1) is 18.1. The number of nitrogens with zero attached hydrogens (tertiary/aromatic N) is 3. The zero-order valence-electron chi connectivity index (χ0n) is 14.4. The summed E-state index contributed by atoms with van der Waals surface area (Å²) in [5, 5.41) is 14.1. The lowest BCUT2D eigenvalue weighted by Gasteiger charge is -2.10. The van der Waals surface area contributed by atoms with E-state index in [1.165, 1.54) is 42.6 Å². The number of nitro groups is 1. The molecule has 0 unspecified atom stereocenters. The van der Waals surface area contributed by atoms with E-state index in [1.807, 2.05) is 6.92 Å². The molecule has 26 heavy (non-hydrogen) atoms. The number of carbonyl (C=O) groups is 1. The molecule has 0 saturated carbocycles. The number of hydrogen-bond donors (Lipinski definition) is 1. The van der Waals surface area contributed by atoms with Crippen LogP contribution < -0.4 is 10.1 Å². The molecule has 1 aromatic heterocycles. The molecule has 0 saturated heterocycles. The number of hydrogen-bond acceptors (Lipinski definition) is 7. The van der Waals surface area contributed by atoms with Gasteiger partial charge in [0.15, 0.2) is 5.16 Å². The van der Waals surface area contributed by atoms with Crippen LogP contribution in [0, 0.1) is 17.0 Å². The fraction of sp³-hybridized carbons (Fsp3) is 0.353. The van der Waals surface area contributed by atoms with Crippen molar-refractivity contribution in [3.05, 3.63) is 45.3 Å². The maximum atomic E-state index is 12.2. The van der Waals surface area contributed by atoms with E-state index >= 15 is 0 Å². The number of aryl methyl sites for hydroxylation is 2. The van der Waals surface area contributed by atoms with Crippen molar-refractivity contribution >= 4 is 29.0 Å². The molecule has 0 bridgehead atoms. The monoisotopic (exact) mass is 374 g/mol. The Balaban J connectivity index is 1.67. The van der Waals surface area contributed by atoms with Gasteiger partial charge in [-0.2, -0.15) is 0 Å². The first-order valence-corrected chi connectivity index (χ1v) is 9.08. The van der Waals surface area contributed by atoms with Gasteiger partial charge >= 0.3 is 0 Å². The van der Waals surface area contributed by atoms with Crippen LogP contribution in [0.15, 0.2) is 23.4 Å². The summed E-state index contributed by atoms with van der Waals surface area (Å²) in [6.45, 7) is 1.96. The molecule has 1 heterocycles. The van der Waals surface area contributed by atoms with Crippen LogP contribution in [0.3, 0.4) is 0 Å². The first-order chi connectivity index (χ1) is 12.5. The van der Waals surface area contributed by atoms with Crippen LogP contribution >= 0.6 is 11.8 Å². The van der Waals surface area contributed by atoms with Crippen molar-refractivity contribution in [2.24, 2.45) is 0 Å². The largest absolute Gasteiger partial charge is 0.495 e. The number of methoxy groups -OCH3 is 1. The fourth-order valence-corrected chi connectivity index (χ4v) is 3.59. The number of fused-ring (bicyclic) bond motifs is 1. The second kappa shape index (κ2) is 7.69. The van der Waals surface area contributed by atoms with Crippen molar-refractivity contribution in [1.82, 2.24) is 9.97 Å². The Morgan fingerprint density at radius 1 is 1.38 bits per heavy atom. The standard InChI is InChI=1S/C17H18N4O4S/c1-10-12-4-3-5-13(12)20-17(18-10)26-9-16(22)19-14-8-11(21(23)24)6-7-15(14)25-2/h6-8H,3-5,9H2,1-2H3,(H,19,22). The summed E-state index contributed by atoms with van der Waals surface area (Å²) in [6, 6.07) is 4.05. The third-order valence-corrected chi connectivity index (χ3v) is 4.97. The van der Waals surface area contributed by atoms with Crippen LogP contribution in [0.1, 0.15) is 23.4 Å². The number of benzene rings is 1. The minimum absolute atomic E-state index is 0.101. The van der Waals surface area contributed by atoms with Crippen molar-refractivity contribution in [3.8, 4) is 5.75 Å². The van der Waals surface area contributed by atoms with Crippen molar-refractivity contribution in [1.29, 1.82) is 0 Å². The first-order valence-electron chi connectivity index (χ1n) is 8.09. The molecular weight excluding hydrogens is 356 g/mol. The number of anilines is 1. The predicted molar refractivity (Wildman–Crippen MR) is 97.8 cm³/mol. The highest BCUT2D eigenvalue weighted by Crippen LogP contribution is 2.29. The van der Waals surface area contributed by atoms with Gasteiger partial charge in [-0.3, -0.25) is 14.9 Å². The number of rotatable bonds is 6. The average Bonchev–Trinajstić information content (AvgIpc) is 3.09. The van der Waals surface area contributed by atoms with Crippen LogP contribution in [-0.4, -0.2) is 33.7 Å². The third-order valence-electron chi connectivity index (χ3n) is 4.12. The summed E-state index contributed by atoms with van der Waals surface area (Å²) < 4.78 is 5.14. The van der Waals surface area contributed by atoms with Crippen molar-refractivity contribution in [3.63, 3.8) is 0 Å². The van der Waals surface area contributed by atoms with E-state index in [2.05, 4.69) is 15.3 Å².